The zero-order valence-electron chi connectivity index (χ0n) is 16.1. The summed E-state index contributed by atoms with van der Waals surface area (Å²) in [5.74, 6) is 0.127. The van der Waals surface area contributed by atoms with Gasteiger partial charge in [0.1, 0.15) is 5.82 Å². The molecule has 0 aromatic heterocycles. The predicted molar refractivity (Wildman–Crippen MR) is 113 cm³/mol. The van der Waals surface area contributed by atoms with E-state index >= 15 is 0 Å². The number of anilines is 1. The van der Waals surface area contributed by atoms with Crippen molar-refractivity contribution in [1.82, 2.24) is 0 Å². The molecule has 1 aliphatic carbocycles. The first-order valence-corrected chi connectivity index (χ1v) is 9.48. The summed E-state index contributed by atoms with van der Waals surface area (Å²) in [6.45, 7) is 5.94. The minimum Gasteiger partial charge on any atom is -0.303 e. The lowest BCUT2D eigenvalue weighted by molar-refractivity contribution is -0.115. The zero-order chi connectivity index (χ0) is 19.9. The summed E-state index contributed by atoms with van der Waals surface area (Å²) in [6, 6.07) is 14.3. The summed E-state index contributed by atoms with van der Waals surface area (Å²) in [4.78, 5) is 14.8. The van der Waals surface area contributed by atoms with Gasteiger partial charge < -0.3 is 4.90 Å². The Hall–Kier alpha value is -3.16. The number of rotatable bonds is 7. The van der Waals surface area contributed by atoms with Gasteiger partial charge >= 0.3 is 0 Å². The Morgan fingerprint density at radius 3 is 2.39 bits per heavy atom. The molecule has 142 valence electrons. The van der Waals surface area contributed by atoms with Crippen molar-refractivity contribution in [1.29, 1.82) is 0 Å². The molecule has 0 N–H and O–H groups in total. The lowest BCUT2D eigenvalue weighted by atomic mass is 10.1. The second-order valence-corrected chi connectivity index (χ2v) is 6.86. The quantitative estimate of drug-likeness (QED) is 0.327. The molecular weight excluding hydrogens is 349 g/mol. The maximum atomic E-state index is 13.4. The fourth-order valence-electron chi connectivity index (χ4n) is 3.01. The normalized spacial score (nSPS) is 13.6. The number of amides is 1. The highest BCUT2D eigenvalue weighted by atomic mass is 19.1. The van der Waals surface area contributed by atoms with Gasteiger partial charge in [-0.25, -0.2) is 4.39 Å². The van der Waals surface area contributed by atoms with Gasteiger partial charge in [0.2, 0.25) is 0 Å². The van der Waals surface area contributed by atoms with Crippen LogP contribution in [0.5, 0.6) is 0 Å². The fourth-order valence-corrected chi connectivity index (χ4v) is 3.01. The van der Waals surface area contributed by atoms with Gasteiger partial charge in [-0.15, -0.1) is 5.73 Å². The molecule has 28 heavy (non-hydrogen) atoms. The Balaban J connectivity index is 1.88. The number of benzene rings is 2. The fraction of sp³-hybridized carbons (Fsp3) is 0.200. The SMILES string of the molecule is C=C=C(/C=C\C=C/C)C(=O)N(Cc1ccc(C2CC2)cc1)c1ccc(F)cc1. The van der Waals surface area contributed by atoms with Crippen LogP contribution >= 0.6 is 0 Å². The van der Waals surface area contributed by atoms with Crippen LogP contribution in [0.4, 0.5) is 10.1 Å². The van der Waals surface area contributed by atoms with Gasteiger partial charge in [-0.1, -0.05) is 49.1 Å². The molecule has 0 atom stereocenters. The second kappa shape index (κ2) is 9.16. The molecule has 1 fully saturated rings. The molecule has 0 radical (unpaired) electrons. The molecule has 0 aliphatic heterocycles. The summed E-state index contributed by atoms with van der Waals surface area (Å²) in [7, 11) is 0. The van der Waals surface area contributed by atoms with Crippen molar-refractivity contribution >= 4 is 11.6 Å². The number of hydrogen-bond acceptors (Lipinski definition) is 1. The summed E-state index contributed by atoms with van der Waals surface area (Å²) in [5, 5.41) is 0. The van der Waals surface area contributed by atoms with Gasteiger partial charge in [-0.05, 0) is 67.2 Å². The number of nitrogens with zero attached hydrogens (tertiary/aromatic N) is 1. The molecule has 3 heteroatoms. The van der Waals surface area contributed by atoms with Crippen LogP contribution in [-0.4, -0.2) is 5.91 Å². The standard InChI is InChI=1S/C25H24FNO/c1-3-5-6-7-20(4-2)25(28)27(24-16-14-23(26)15-17-24)18-19-8-10-21(11-9-19)22-12-13-22/h3,5-11,14-17,22H,2,12-13,18H2,1H3/b5-3-,7-6-. The average Bonchev–Trinajstić information content (AvgIpc) is 3.56. The van der Waals surface area contributed by atoms with E-state index in [1.165, 1.54) is 30.5 Å². The molecular formula is C25H24FNO. The Morgan fingerprint density at radius 2 is 1.82 bits per heavy atom. The van der Waals surface area contributed by atoms with E-state index < -0.39 is 0 Å². The van der Waals surface area contributed by atoms with Crippen molar-refractivity contribution in [2.45, 2.75) is 32.2 Å². The Kier molecular flexibility index (Phi) is 6.41. The van der Waals surface area contributed by atoms with E-state index in [2.05, 4.69) is 36.6 Å². The van der Waals surface area contributed by atoms with Crippen LogP contribution in [-0.2, 0) is 11.3 Å². The summed E-state index contributed by atoms with van der Waals surface area (Å²) in [6.07, 6.45) is 9.68. The summed E-state index contributed by atoms with van der Waals surface area (Å²) in [5.41, 5.74) is 6.08. The highest BCUT2D eigenvalue weighted by molar-refractivity contribution is 6.07. The topological polar surface area (TPSA) is 20.3 Å². The van der Waals surface area contributed by atoms with E-state index in [-0.39, 0.29) is 11.7 Å². The van der Waals surface area contributed by atoms with E-state index in [1.807, 2.05) is 19.1 Å². The van der Waals surface area contributed by atoms with Gasteiger partial charge in [0.25, 0.3) is 5.91 Å². The number of carbonyl (C=O) groups is 1. The van der Waals surface area contributed by atoms with Crippen LogP contribution in [0.25, 0.3) is 0 Å². The molecule has 1 aliphatic rings. The van der Waals surface area contributed by atoms with Crippen LogP contribution < -0.4 is 4.90 Å². The molecule has 2 aromatic carbocycles. The molecule has 2 aromatic rings. The predicted octanol–water partition coefficient (Wildman–Crippen LogP) is 6.08. The average molecular weight is 373 g/mol. The van der Waals surface area contributed by atoms with E-state index in [0.29, 0.717) is 23.7 Å². The Bertz CT molecular complexity index is 928. The van der Waals surface area contributed by atoms with Gasteiger partial charge in [-0.2, -0.15) is 0 Å². The first-order valence-electron chi connectivity index (χ1n) is 9.48. The van der Waals surface area contributed by atoms with Crippen molar-refractivity contribution in [2.24, 2.45) is 0 Å². The molecule has 0 saturated heterocycles. The van der Waals surface area contributed by atoms with Crippen LogP contribution in [0, 0.1) is 5.82 Å². The third kappa shape index (κ3) is 4.97. The van der Waals surface area contributed by atoms with Gasteiger partial charge in [0.15, 0.2) is 0 Å². The van der Waals surface area contributed by atoms with E-state index in [0.717, 1.165) is 5.56 Å². The molecule has 0 heterocycles. The molecule has 1 saturated carbocycles. The van der Waals surface area contributed by atoms with Gasteiger partial charge in [-0.3, -0.25) is 4.79 Å². The minimum absolute atomic E-state index is 0.228. The molecule has 1 amide bonds. The van der Waals surface area contributed by atoms with Gasteiger partial charge in [0, 0.05) is 5.69 Å². The molecule has 0 spiro atoms. The Morgan fingerprint density at radius 1 is 1.14 bits per heavy atom. The maximum absolute atomic E-state index is 13.4. The van der Waals surface area contributed by atoms with Crippen molar-refractivity contribution in [3.05, 3.63) is 108 Å². The highest BCUT2D eigenvalue weighted by Gasteiger charge is 2.23. The van der Waals surface area contributed by atoms with Gasteiger partial charge in [0.05, 0.1) is 12.1 Å². The summed E-state index contributed by atoms with van der Waals surface area (Å²) < 4.78 is 13.4. The van der Waals surface area contributed by atoms with Crippen molar-refractivity contribution in [3.8, 4) is 0 Å². The lowest BCUT2D eigenvalue weighted by Gasteiger charge is -2.23. The third-order valence-corrected chi connectivity index (χ3v) is 4.74. The molecule has 0 bridgehead atoms. The zero-order valence-corrected chi connectivity index (χ0v) is 16.1. The van der Waals surface area contributed by atoms with Crippen LogP contribution in [0.2, 0.25) is 0 Å². The number of halogens is 1. The number of hydrogen-bond donors (Lipinski definition) is 0. The first kappa shape index (κ1) is 19.6. The third-order valence-electron chi connectivity index (χ3n) is 4.74. The number of carbonyl (C=O) groups excluding carboxylic acids is 1. The Labute approximate surface area is 166 Å². The molecule has 3 rings (SSSR count). The van der Waals surface area contributed by atoms with Crippen LogP contribution in [0.15, 0.2) is 90.7 Å². The second-order valence-electron chi connectivity index (χ2n) is 6.86. The highest BCUT2D eigenvalue weighted by Crippen LogP contribution is 2.40. The van der Waals surface area contributed by atoms with Crippen molar-refractivity contribution < 1.29 is 9.18 Å². The lowest BCUT2D eigenvalue weighted by Crippen LogP contribution is -2.31. The first-order chi connectivity index (χ1) is 13.6. The maximum Gasteiger partial charge on any atom is 0.266 e. The van der Waals surface area contributed by atoms with Crippen molar-refractivity contribution in [2.75, 3.05) is 4.90 Å². The molecule has 0 unspecified atom stereocenters. The summed E-state index contributed by atoms with van der Waals surface area (Å²) >= 11 is 0. The monoisotopic (exact) mass is 373 g/mol. The smallest absolute Gasteiger partial charge is 0.266 e. The van der Waals surface area contributed by atoms with Crippen LogP contribution in [0.1, 0.15) is 36.8 Å². The van der Waals surface area contributed by atoms with Crippen LogP contribution in [0.3, 0.4) is 0 Å². The largest absolute Gasteiger partial charge is 0.303 e. The van der Waals surface area contributed by atoms with E-state index in [1.54, 1.807) is 29.2 Å². The van der Waals surface area contributed by atoms with Crippen molar-refractivity contribution in [3.63, 3.8) is 0 Å². The van der Waals surface area contributed by atoms with E-state index in [4.69, 9.17) is 0 Å². The minimum atomic E-state index is -0.336. The van der Waals surface area contributed by atoms with E-state index in [9.17, 15) is 9.18 Å². The number of allylic oxidation sites excluding steroid dienone is 3. The molecule has 2 nitrogen and oxygen atoms in total.